The van der Waals surface area contributed by atoms with Crippen LogP contribution in [0.2, 0.25) is 0 Å². The fourth-order valence-corrected chi connectivity index (χ4v) is 5.07. The summed E-state index contributed by atoms with van der Waals surface area (Å²) in [6, 6.07) is 15.3. The predicted octanol–water partition coefficient (Wildman–Crippen LogP) is 2.86. The summed E-state index contributed by atoms with van der Waals surface area (Å²) < 4.78 is 33.1. The van der Waals surface area contributed by atoms with Gasteiger partial charge in [0.2, 0.25) is 21.7 Å². The molecule has 1 aromatic heterocycles. The van der Waals surface area contributed by atoms with Gasteiger partial charge in [-0.05, 0) is 30.7 Å². The molecule has 0 N–H and O–H groups in total. The van der Waals surface area contributed by atoms with E-state index in [2.05, 4.69) is 15.0 Å². The molecule has 4 rings (SSSR count). The Morgan fingerprint density at radius 2 is 1.68 bits per heavy atom. The number of hydrogen-bond acceptors (Lipinski definition) is 6. The maximum absolute atomic E-state index is 13.3. The lowest BCUT2D eigenvalue weighted by molar-refractivity contribution is 0.384. The normalized spacial score (nSPS) is 15.7. The number of piperazine rings is 1. The number of hydrogen-bond donors (Lipinski definition) is 0. The van der Waals surface area contributed by atoms with E-state index < -0.39 is 10.0 Å². The van der Waals surface area contributed by atoms with Crippen LogP contribution in [0.1, 0.15) is 11.5 Å². The van der Waals surface area contributed by atoms with Crippen LogP contribution in [0.3, 0.4) is 0 Å². The van der Waals surface area contributed by atoms with E-state index in [1.807, 2.05) is 36.4 Å². The van der Waals surface area contributed by atoms with E-state index in [1.165, 1.54) is 0 Å². The summed E-state index contributed by atoms with van der Waals surface area (Å²) in [6.45, 7) is 5.72. The molecule has 0 bridgehead atoms. The number of benzene rings is 2. The van der Waals surface area contributed by atoms with E-state index in [0.717, 1.165) is 5.69 Å². The van der Waals surface area contributed by atoms with Crippen molar-refractivity contribution in [2.45, 2.75) is 18.7 Å². The Kier molecular flexibility index (Phi) is 4.91. The first-order valence-corrected chi connectivity index (χ1v) is 10.6. The smallest absolute Gasteiger partial charge is 0.243 e. The maximum atomic E-state index is 13.3. The van der Waals surface area contributed by atoms with Crippen molar-refractivity contribution in [1.82, 2.24) is 14.4 Å². The summed E-state index contributed by atoms with van der Waals surface area (Å²) in [5.41, 5.74) is 2.45. The van der Waals surface area contributed by atoms with Gasteiger partial charge in [-0.15, -0.1) is 0 Å². The Morgan fingerprint density at radius 1 is 0.964 bits per heavy atom. The third kappa shape index (κ3) is 3.53. The minimum absolute atomic E-state index is 0.292. The molecule has 3 aromatic rings. The van der Waals surface area contributed by atoms with Crippen LogP contribution in [-0.4, -0.2) is 49.0 Å². The van der Waals surface area contributed by atoms with Crippen LogP contribution in [0.25, 0.3) is 11.4 Å². The first-order valence-electron chi connectivity index (χ1n) is 9.16. The molecule has 28 heavy (non-hydrogen) atoms. The lowest BCUT2D eigenvalue weighted by atomic mass is 10.1. The summed E-state index contributed by atoms with van der Waals surface area (Å²) in [5, 5.41) is 3.89. The minimum atomic E-state index is -3.60. The largest absolute Gasteiger partial charge is 0.369 e. The van der Waals surface area contributed by atoms with Crippen molar-refractivity contribution in [1.29, 1.82) is 0 Å². The Bertz CT molecular complexity index is 1070. The van der Waals surface area contributed by atoms with Crippen molar-refractivity contribution in [3.8, 4) is 11.4 Å². The van der Waals surface area contributed by atoms with Crippen LogP contribution < -0.4 is 4.90 Å². The summed E-state index contributed by atoms with van der Waals surface area (Å²) in [7, 11) is -3.60. The minimum Gasteiger partial charge on any atom is -0.369 e. The van der Waals surface area contributed by atoms with Crippen LogP contribution >= 0.6 is 0 Å². The molecule has 7 nitrogen and oxygen atoms in total. The molecule has 0 saturated carbocycles. The van der Waals surface area contributed by atoms with Gasteiger partial charge in [0.1, 0.15) is 0 Å². The second kappa shape index (κ2) is 7.37. The molecule has 0 spiro atoms. The highest BCUT2D eigenvalue weighted by Gasteiger charge is 2.30. The average molecular weight is 398 g/mol. The zero-order chi connectivity index (χ0) is 19.7. The second-order valence-corrected chi connectivity index (χ2v) is 8.75. The first kappa shape index (κ1) is 18.6. The number of sulfonamides is 1. The molecule has 1 saturated heterocycles. The molecular weight excluding hydrogens is 376 g/mol. The number of para-hydroxylation sites is 1. The van der Waals surface area contributed by atoms with Crippen molar-refractivity contribution in [2.75, 3.05) is 31.1 Å². The summed E-state index contributed by atoms with van der Waals surface area (Å²) >= 11 is 0. The molecule has 146 valence electrons. The van der Waals surface area contributed by atoms with Crippen molar-refractivity contribution >= 4 is 15.7 Å². The number of aromatic nitrogens is 2. The third-order valence-electron chi connectivity index (χ3n) is 4.95. The van der Waals surface area contributed by atoms with E-state index in [1.54, 1.807) is 30.3 Å². The van der Waals surface area contributed by atoms with Gasteiger partial charge in [-0.3, -0.25) is 0 Å². The Hall–Kier alpha value is -2.71. The highest BCUT2D eigenvalue weighted by Crippen LogP contribution is 2.27. The van der Waals surface area contributed by atoms with Gasteiger partial charge in [-0.25, -0.2) is 8.42 Å². The van der Waals surface area contributed by atoms with E-state index in [0.29, 0.717) is 53.9 Å². The van der Waals surface area contributed by atoms with Gasteiger partial charge < -0.3 is 9.42 Å². The molecule has 1 fully saturated rings. The van der Waals surface area contributed by atoms with E-state index in [-0.39, 0.29) is 0 Å². The standard InChI is InChI=1S/C20H22N4O3S/c1-15-8-9-17(20-21-16(2)27-22-20)14-19(15)28(25,26)24-12-10-23(11-13-24)18-6-4-3-5-7-18/h3-9,14H,10-13H2,1-2H3. The van der Waals surface area contributed by atoms with Crippen LogP contribution in [0, 0.1) is 13.8 Å². The summed E-state index contributed by atoms with van der Waals surface area (Å²) in [6.07, 6.45) is 0. The van der Waals surface area contributed by atoms with Crippen molar-refractivity contribution in [3.63, 3.8) is 0 Å². The number of nitrogens with zero attached hydrogens (tertiary/aromatic N) is 4. The quantitative estimate of drug-likeness (QED) is 0.672. The van der Waals surface area contributed by atoms with Crippen LogP contribution in [0.4, 0.5) is 5.69 Å². The fourth-order valence-electron chi connectivity index (χ4n) is 3.40. The van der Waals surface area contributed by atoms with Crippen LogP contribution in [0.15, 0.2) is 57.9 Å². The lowest BCUT2D eigenvalue weighted by Gasteiger charge is -2.35. The second-order valence-electron chi connectivity index (χ2n) is 6.84. The zero-order valence-electron chi connectivity index (χ0n) is 15.9. The van der Waals surface area contributed by atoms with Crippen molar-refractivity contribution in [2.24, 2.45) is 0 Å². The SMILES string of the molecule is Cc1nc(-c2ccc(C)c(S(=O)(=O)N3CCN(c4ccccc4)CC3)c2)no1. The number of anilines is 1. The molecule has 1 aliphatic heterocycles. The van der Waals surface area contributed by atoms with Gasteiger partial charge in [0.15, 0.2) is 0 Å². The summed E-state index contributed by atoms with van der Waals surface area (Å²) in [4.78, 5) is 6.69. The molecule has 0 amide bonds. The number of aryl methyl sites for hydroxylation is 2. The highest BCUT2D eigenvalue weighted by molar-refractivity contribution is 7.89. The van der Waals surface area contributed by atoms with E-state index in [4.69, 9.17) is 4.52 Å². The molecule has 0 unspecified atom stereocenters. The third-order valence-corrected chi connectivity index (χ3v) is 6.99. The number of rotatable bonds is 4. The average Bonchev–Trinajstić information content (AvgIpc) is 3.15. The predicted molar refractivity (Wildman–Crippen MR) is 107 cm³/mol. The van der Waals surface area contributed by atoms with Gasteiger partial charge in [0.05, 0.1) is 4.90 Å². The fraction of sp³-hybridized carbons (Fsp3) is 0.300. The Morgan fingerprint density at radius 3 is 2.32 bits per heavy atom. The summed E-state index contributed by atoms with van der Waals surface area (Å²) in [5.74, 6) is 0.833. The lowest BCUT2D eigenvalue weighted by Crippen LogP contribution is -2.48. The zero-order valence-corrected chi connectivity index (χ0v) is 16.7. The Balaban J connectivity index is 1.57. The van der Waals surface area contributed by atoms with Gasteiger partial charge in [-0.2, -0.15) is 9.29 Å². The topological polar surface area (TPSA) is 79.5 Å². The Labute approximate surface area is 164 Å². The molecule has 2 aromatic carbocycles. The van der Waals surface area contributed by atoms with E-state index >= 15 is 0 Å². The van der Waals surface area contributed by atoms with Gasteiger partial charge in [0.25, 0.3) is 0 Å². The monoisotopic (exact) mass is 398 g/mol. The van der Waals surface area contributed by atoms with Gasteiger partial charge in [-0.1, -0.05) is 35.5 Å². The molecule has 0 radical (unpaired) electrons. The van der Waals surface area contributed by atoms with Crippen molar-refractivity contribution in [3.05, 3.63) is 60.0 Å². The molecule has 1 aliphatic rings. The van der Waals surface area contributed by atoms with E-state index in [9.17, 15) is 8.42 Å². The van der Waals surface area contributed by atoms with Crippen LogP contribution in [0.5, 0.6) is 0 Å². The molecule has 2 heterocycles. The maximum Gasteiger partial charge on any atom is 0.243 e. The molecule has 0 aliphatic carbocycles. The molecule has 8 heteroatoms. The molecule has 0 atom stereocenters. The van der Waals surface area contributed by atoms with Crippen LogP contribution in [-0.2, 0) is 10.0 Å². The van der Waals surface area contributed by atoms with Gasteiger partial charge in [0, 0.05) is 44.4 Å². The highest BCUT2D eigenvalue weighted by atomic mass is 32.2. The molecular formula is C20H22N4O3S. The van der Waals surface area contributed by atoms with Gasteiger partial charge >= 0.3 is 0 Å². The first-order chi connectivity index (χ1) is 13.4. The van der Waals surface area contributed by atoms with Crippen molar-refractivity contribution < 1.29 is 12.9 Å².